The van der Waals surface area contributed by atoms with Gasteiger partial charge in [0.2, 0.25) is 17.8 Å². The Labute approximate surface area is 367 Å². The molecule has 0 saturated heterocycles. The number of aromatic carboxylic acids is 3. The molecule has 273 valence electrons. The average Bonchev–Trinajstić information content (AvgIpc) is 2.98. The van der Waals surface area contributed by atoms with E-state index in [0.29, 0.717) is 36.4 Å². The second-order valence-corrected chi connectivity index (χ2v) is 13.9. The third kappa shape index (κ3) is 11.3. The molecule has 0 spiro atoms. The fourth-order valence-electron chi connectivity index (χ4n) is 3.95. The first-order valence-electron chi connectivity index (χ1n) is 12.7. The SMILES string of the molecule is O=C(O)c1cc(S(=O)(=O)O)cc(Nc2nc(Nc3cc(S(=O)(=O)O)cc(C(=O)O)c3O)nc(Nc3cc(S(=O)(=O)O)cc(C(=O)O)c3O)n2)c1O.[Na].[Na].[Na]. The number of aromatic nitrogens is 3. The summed E-state index contributed by atoms with van der Waals surface area (Å²) < 4.78 is 99.2. The molecule has 0 saturated carbocycles. The largest absolute Gasteiger partial charge is 0.505 e. The van der Waals surface area contributed by atoms with Crippen LogP contribution in [0.5, 0.6) is 17.2 Å². The average molecular weight is 844 g/mol. The van der Waals surface area contributed by atoms with Crippen LogP contribution in [0.3, 0.4) is 0 Å². The van der Waals surface area contributed by atoms with E-state index >= 15 is 0 Å². The molecular formula is C24H18N6Na3O18S3. The predicted octanol–water partition coefficient (Wildman–Crippen LogP) is -0.0885. The van der Waals surface area contributed by atoms with E-state index in [0.717, 1.165) is 0 Å². The van der Waals surface area contributed by atoms with Gasteiger partial charge in [-0.3, -0.25) is 13.7 Å². The maximum Gasteiger partial charge on any atom is 0.339 e. The molecule has 3 radical (unpaired) electrons. The van der Waals surface area contributed by atoms with Gasteiger partial charge < -0.3 is 46.6 Å². The summed E-state index contributed by atoms with van der Waals surface area (Å²) in [5.74, 6) is -11.8. The van der Waals surface area contributed by atoms with Crippen LogP contribution in [-0.4, -0.2) is 191 Å². The van der Waals surface area contributed by atoms with E-state index in [1.54, 1.807) is 0 Å². The van der Waals surface area contributed by atoms with Gasteiger partial charge in [0, 0.05) is 88.7 Å². The van der Waals surface area contributed by atoms with Crippen LogP contribution >= 0.6 is 0 Å². The topological polar surface area (TPSA) is 410 Å². The minimum Gasteiger partial charge on any atom is -0.505 e. The summed E-state index contributed by atoms with van der Waals surface area (Å²) in [6.07, 6.45) is 0. The number of nitrogens with zero attached hydrogens (tertiary/aromatic N) is 3. The van der Waals surface area contributed by atoms with Crippen molar-refractivity contribution in [2.24, 2.45) is 0 Å². The Balaban J connectivity index is 0.00000486. The third-order valence-electron chi connectivity index (χ3n) is 6.21. The zero-order chi connectivity index (χ0) is 38.4. The fourth-order valence-corrected chi connectivity index (χ4v) is 5.55. The summed E-state index contributed by atoms with van der Waals surface area (Å²) in [4.78, 5) is 43.1. The Morgan fingerprint density at radius 3 is 0.815 bits per heavy atom. The van der Waals surface area contributed by atoms with Crippen LogP contribution in [0.15, 0.2) is 51.1 Å². The quantitative estimate of drug-likeness (QED) is 0.0503. The van der Waals surface area contributed by atoms with E-state index in [2.05, 4.69) is 30.9 Å². The molecule has 1 heterocycles. The number of nitrogens with one attached hydrogen (secondary N) is 3. The van der Waals surface area contributed by atoms with Gasteiger partial charge in [-0.15, -0.1) is 0 Å². The van der Waals surface area contributed by atoms with Gasteiger partial charge in [-0.05, 0) is 36.4 Å². The zero-order valence-electron chi connectivity index (χ0n) is 27.2. The molecule has 0 aliphatic carbocycles. The number of rotatable bonds is 12. The smallest absolute Gasteiger partial charge is 0.339 e. The molecule has 12 N–H and O–H groups in total. The van der Waals surface area contributed by atoms with E-state index in [4.69, 9.17) is 0 Å². The second kappa shape index (κ2) is 18.0. The van der Waals surface area contributed by atoms with Crippen LogP contribution in [-0.2, 0) is 30.4 Å². The Bertz CT molecular complexity index is 2240. The first-order valence-corrected chi connectivity index (χ1v) is 17.0. The van der Waals surface area contributed by atoms with Crippen molar-refractivity contribution in [3.05, 3.63) is 53.1 Å². The molecule has 0 aliphatic rings. The summed E-state index contributed by atoms with van der Waals surface area (Å²) in [7, 11) is -15.4. The van der Waals surface area contributed by atoms with E-state index in [9.17, 15) is 83.9 Å². The van der Waals surface area contributed by atoms with Gasteiger partial charge in [-0.1, -0.05) is 0 Å². The number of aromatic hydroxyl groups is 3. The summed E-state index contributed by atoms with van der Waals surface area (Å²) in [5, 5.41) is 66.3. The van der Waals surface area contributed by atoms with Crippen molar-refractivity contribution in [1.82, 2.24) is 15.0 Å². The van der Waals surface area contributed by atoms with E-state index in [1.807, 2.05) is 0 Å². The fraction of sp³-hybridized carbons (Fsp3) is 0. The number of anilines is 6. The standard InChI is InChI=1S/C24H18N6O18S3.3Na/c31-16-10(19(34)35)1-7(49(40,41)42)4-13(16)25-22-28-23(26-14-5-8(50(43,44)45)2-11(17(14)32)20(36)37)30-24(29-22)27-15-6-9(51(46,47)48)3-12(18(15)33)21(38)39;;;/h1-6,31-33H,(H,34,35)(H,36,37)(H,38,39)(H,40,41,42)(H,43,44,45)(H,46,47,48)(H3,25,26,27,28,29,30);;;. The van der Waals surface area contributed by atoms with Crippen molar-refractivity contribution in [2.75, 3.05) is 16.0 Å². The molecule has 0 amide bonds. The van der Waals surface area contributed by atoms with Crippen LogP contribution in [0.4, 0.5) is 34.9 Å². The number of carbonyl (C=O) groups is 3. The van der Waals surface area contributed by atoms with Crippen LogP contribution in [0, 0.1) is 0 Å². The zero-order valence-corrected chi connectivity index (χ0v) is 35.7. The molecule has 0 fully saturated rings. The van der Waals surface area contributed by atoms with Crippen molar-refractivity contribution in [1.29, 1.82) is 0 Å². The van der Waals surface area contributed by atoms with Crippen LogP contribution < -0.4 is 16.0 Å². The maximum atomic E-state index is 11.8. The molecule has 4 rings (SSSR count). The first kappa shape index (κ1) is 48.6. The van der Waals surface area contributed by atoms with Gasteiger partial charge in [0.05, 0.1) is 31.7 Å². The van der Waals surface area contributed by atoms with Gasteiger partial charge in [-0.25, -0.2) is 14.4 Å². The number of hydrogen-bond acceptors (Lipinski definition) is 18. The molecule has 24 nitrogen and oxygen atoms in total. The number of benzene rings is 3. The van der Waals surface area contributed by atoms with Crippen LogP contribution in [0.1, 0.15) is 31.1 Å². The Kier molecular flexibility index (Phi) is 16.2. The summed E-state index contributed by atoms with van der Waals surface area (Å²) in [6, 6.07) is 2.64. The normalized spacial score (nSPS) is 11.2. The molecule has 30 heteroatoms. The minimum absolute atomic E-state index is 0. The van der Waals surface area contributed by atoms with Crippen molar-refractivity contribution in [3.63, 3.8) is 0 Å². The number of hydrogen-bond donors (Lipinski definition) is 12. The van der Waals surface area contributed by atoms with Gasteiger partial charge in [0.15, 0.2) is 17.2 Å². The van der Waals surface area contributed by atoms with Crippen molar-refractivity contribution in [3.8, 4) is 17.2 Å². The van der Waals surface area contributed by atoms with Gasteiger partial charge in [-0.2, -0.15) is 40.2 Å². The molecule has 0 aliphatic heterocycles. The second-order valence-electron chi connectivity index (χ2n) is 9.62. The third-order valence-corrected chi connectivity index (χ3v) is 8.70. The summed E-state index contributed by atoms with van der Waals surface area (Å²) in [5.41, 5.74) is -5.75. The van der Waals surface area contributed by atoms with E-state index in [-0.39, 0.29) is 88.7 Å². The van der Waals surface area contributed by atoms with Crippen LogP contribution in [0.2, 0.25) is 0 Å². The Morgan fingerprint density at radius 2 is 0.648 bits per heavy atom. The monoisotopic (exact) mass is 843 g/mol. The maximum absolute atomic E-state index is 11.8. The molecule has 0 bridgehead atoms. The van der Waals surface area contributed by atoms with E-state index < -0.39 is 132 Å². The first-order chi connectivity index (χ1) is 23.4. The van der Waals surface area contributed by atoms with Gasteiger partial charge in [0.1, 0.15) is 16.7 Å². The van der Waals surface area contributed by atoms with Crippen molar-refractivity contribution < 1.29 is 83.9 Å². The summed E-state index contributed by atoms with van der Waals surface area (Å²) in [6.45, 7) is 0. The molecule has 0 atom stereocenters. The number of carboxylic acids is 3. The molecule has 0 unspecified atom stereocenters. The van der Waals surface area contributed by atoms with Gasteiger partial charge >= 0.3 is 17.9 Å². The molecule has 54 heavy (non-hydrogen) atoms. The number of carboxylic acid groups (broad SMARTS) is 3. The molecule has 1 aromatic heterocycles. The summed E-state index contributed by atoms with van der Waals surface area (Å²) >= 11 is 0. The minimum atomic E-state index is -5.14. The van der Waals surface area contributed by atoms with Crippen molar-refractivity contribution in [2.45, 2.75) is 14.7 Å². The molecular weight excluding hydrogens is 825 g/mol. The Morgan fingerprint density at radius 1 is 0.444 bits per heavy atom. The molecule has 4 aromatic rings. The Hall–Kier alpha value is -3.39. The van der Waals surface area contributed by atoms with Crippen LogP contribution in [0.25, 0.3) is 0 Å². The number of phenols is 3. The molecule has 3 aromatic carbocycles. The van der Waals surface area contributed by atoms with E-state index in [1.165, 1.54) is 0 Å². The van der Waals surface area contributed by atoms with Crippen molar-refractivity contribution >= 4 is 172 Å². The van der Waals surface area contributed by atoms with Gasteiger partial charge in [0.25, 0.3) is 30.4 Å². The predicted molar refractivity (Wildman–Crippen MR) is 182 cm³/mol.